The lowest BCUT2D eigenvalue weighted by atomic mass is 9.99. The number of unbranched alkanes of at least 4 members (excludes halogenated alkanes) is 60. The molecule has 0 spiro atoms. The largest absolute Gasteiger partial charge is 0.394 e. The van der Waals surface area contributed by atoms with Crippen molar-refractivity contribution in [2.45, 2.75) is 493 Å². The van der Waals surface area contributed by atoms with Crippen molar-refractivity contribution in [3.63, 3.8) is 0 Å². The van der Waals surface area contributed by atoms with Crippen LogP contribution in [0.4, 0.5) is 0 Å². The molecule has 6 N–H and O–H groups in total. The fourth-order valence-corrected chi connectivity index (χ4v) is 14.3. The Balaban J connectivity index is 2.00. The van der Waals surface area contributed by atoms with Gasteiger partial charge in [0, 0.05) is 6.42 Å². The number of nitrogens with one attached hydrogen (secondary N) is 1. The molecule has 0 aromatic heterocycles. The Labute approximate surface area is 603 Å². The third-order valence-corrected chi connectivity index (χ3v) is 20.9. The van der Waals surface area contributed by atoms with E-state index >= 15 is 0 Å². The molecule has 1 fully saturated rings. The SMILES string of the molecule is CC/C=C\C/C=C\C/C=C\C/C=C\CCCCCCCCCCCCCCCCCCCCCCCCCCCCCCC(=O)NC(COC1OC(CO)C(O)C(O)C1O)C(O)CCCCCCCCCCCCCCCCCCCCCCCCCCCCCCCCCCC. The van der Waals surface area contributed by atoms with Crippen LogP contribution in [0.15, 0.2) is 48.6 Å². The van der Waals surface area contributed by atoms with E-state index in [0.717, 1.165) is 64.2 Å². The Kier molecular flexibility index (Phi) is 73.7. The van der Waals surface area contributed by atoms with Crippen LogP contribution in [0.2, 0.25) is 0 Å². The summed E-state index contributed by atoms with van der Waals surface area (Å²) < 4.78 is 11.4. The van der Waals surface area contributed by atoms with Crippen molar-refractivity contribution < 1.29 is 39.8 Å². The van der Waals surface area contributed by atoms with Gasteiger partial charge in [0.2, 0.25) is 5.91 Å². The van der Waals surface area contributed by atoms with Crippen LogP contribution < -0.4 is 5.32 Å². The quantitative estimate of drug-likeness (QED) is 0.0261. The molecule has 7 unspecified atom stereocenters. The van der Waals surface area contributed by atoms with Crippen LogP contribution in [0, 0.1) is 0 Å². The molecule has 0 aliphatic carbocycles. The van der Waals surface area contributed by atoms with Crippen molar-refractivity contribution in [2.75, 3.05) is 13.2 Å². The second-order valence-corrected chi connectivity index (χ2v) is 30.3. The third kappa shape index (κ3) is 64.7. The topological polar surface area (TPSA) is 149 Å². The summed E-state index contributed by atoms with van der Waals surface area (Å²) in [4.78, 5) is 13.2. The number of ether oxygens (including phenoxy) is 2. The summed E-state index contributed by atoms with van der Waals surface area (Å²) in [5, 5.41) is 55.2. The lowest BCUT2D eigenvalue weighted by Gasteiger charge is -2.40. The molecule has 0 aromatic carbocycles. The van der Waals surface area contributed by atoms with Gasteiger partial charge in [0.15, 0.2) is 6.29 Å². The Morgan fingerprint density at radius 2 is 0.639 bits per heavy atom. The first-order valence-corrected chi connectivity index (χ1v) is 43.3. The Morgan fingerprint density at radius 3 is 0.948 bits per heavy atom. The van der Waals surface area contributed by atoms with Gasteiger partial charge in [0.05, 0.1) is 25.4 Å². The highest BCUT2D eigenvalue weighted by Gasteiger charge is 2.44. The van der Waals surface area contributed by atoms with Crippen molar-refractivity contribution in [3.05, 3.63) is 48.6 Å². The fourth-order valence-electron chi connectivity index (χ4n) is 14.3. The zero-order valence-electron chi connectivity index (χ0n) is 64.6. The minimum Gasteiger partial charge on any atom is -0.394 e. The van der Waals surface area contributed by atoms with E-state index < -0.39 is 49.5 Å². The van der Waals surface area contributed by atoms with Crippen LogP contribution in [0.25, 0.3) is 0 Å². The fraction of sp³-hybridized carbons (Fsp3) is 0.898. The van der Waals surface area contributed by atoms with Crippen LogP contribution in [-0.4, -0.2) is 87.5 Å². The molecule has 1 aliphatic heterocycles. The van der Waals surface area contributed by atoms with Gasteiger partial charge in [-0.1, -0.05) is 441 Å². The number of hydrogen-bond acceptors (Lipinski definition) is 8. The first-order chi connectivity index (χ1) is 47.8. The number of rotatable bonds is 78. The molecule has 572 valence electrons. The first-order valence-electron chi connectivity index (χ1n) is 43.3. The number of allylic oxidation sites excluding steroid dienone is 8. The van der Waals surface area contributed by atoms with Crippen LogP contribution >= 0.6 is 0 Å². The van der Waals surface area contributed by atoms with Gasteiger partial charge >= 0.3 is 0 Å². The van der Waals surface area contributed by atoms with Gasteiger partial charge in [-0.05, 0) is 51.4 Å². The smallest absolute Gasteiger partial charge is 0.220 e. The van der Waals surface area contributed by atoms with Gasteiger partial charge in [-0.3, -0.25) is 4.79 Å². The molecule has 1 heterocycles. The van der Waals surface area contributed by atoms with E-state index in [1.54, 1.807) is 0 Å². The van der Waals surface area contributed by atoms with Gasteiger partial charge < -0.3 is 40.3 Å². The molecule has 0 bridgehead atoms. The van der Waals surface area contributed by atoms with Gasteiger partial charge in [-0.2, -0.15) is 0 Å². The van der Waals surface area contributed by atoms with Crippen LogP contribution in [-0.2, 0) is 14.3 Å². The monoisotopic (exact) mass is 1370 g/mol. The highest BCUT2D eigenvalue weighted by atomic mass is 16.7. The Bertz CT molecular complexity index is 1680. The van der Waals surface area contributed by atoms with Crippen molar-refractivity contribution in [3.8, 4) is 0 Å². The number of amides is 1. The minimum atomic E-state index is -1.55. The highest BCUT2D eigenvalue weighted by molar-refractivity contribution is 5.76. The molecule has 1 amide bonds. The van der Waals surface area contributed by atoms with Gasteiger partial charge in [-0.15, -0.1) is 0 Å². The molecule has 1 rings (SSSR count). The summed E-state index contributed by atoms with van der Waals surface area (Å²) in [5.41, 5.74) is 0. The maximum Gasteiger partial charge on any atom is 0.220 e. The normalized spacial score (nSPS) is 17.5. The van der Waals surface area contributed by atoms with Gasteiger partial charge in [0.1, 0.15) is 24.4 Å². The minimum absolute atomic E-state index is 0.132. The van der Waals surface area contributed by atoms with E-state index in [4.69, 9.17) is 9.47 Å². The average molecular weight is 1370 g/mol. The summed E-state index contributed by atoms with van der Waals surface area (Å²) in [7, 11) is 0. The van der Waals surface area contributed by atoms with Crippen molar-refractivity contribution >= 4 is 5.91 Å². The van der Waals surface area contributed by atoms with Crippen LogP contribution in [0.5, 0.6) is 0 Å². The van der Waals surface area contributed by atoms with E-state index in [-0.39, 0.29) is 12.5 Å². The average Bonchev–Trinajstić information content (AvgIpc) is 0.854. The van der Waals surface area contributed by atoms with E-state index in [0.29, 0.717) is 12.8 Å². The molecule has 1 saturated heterocycles. The summed E-state index contributed by atoms with van der Waals surface area (Å²) in [5.74, 6) is -0.133. The van der Waals surface area contributed by atoms with E-state index in [1.165, 1.54) is 360 Å². The number of aliphatic hydroxyl groups is 5. The number of aliphatic hydroxyl groups excluding tert-OH is 5. The standard InChI is InChI=1S/C88H167NO8/c1-3-5-7-9-11-13-15-17-19-21-23-25-27-29-31-33-35-37-38-39-40-41-42-43-44-46-48-50-52-54-56-58-60-62-64-66-68-70-72-74-76-78-84(92)89-81(80-96-88-87(95)86(94)85(93)83(79-90)97-88)82(91)77-75-73-71-69-67-65-63-61-59-57-55-53-51-49-47-45-36-34-32-30-28-26-24-22-20-18-16-14-12-10-8-6-4-2/h5,7,11,13,17,19,23,25,81-83,85-88,90-91,93-95H,3-4,6,8-10,12,14-16,18,20-22,24,26-80H2,1-2H3,(H,89,92)/b7-5-,13-11-,19-17-,25-23-. The summed E-state index contributed by atoms with van der Waals surface area (Å²) in [6, 6.07) is -0.720. The molecule has 0 radical (unpaired) electrons. The van der Waals surface area contributed by atoms with E-state index in [2.05, 4.69) is 67.8 Å². The molecule has 9 nitrogen and oxygen atoms in total. The van der Waals surface area contributed by atoms with Gasteiger partial charge in [-0.25, -0.2) is 0 Å². The second-order valence-electron chi connectivity index (χ2n) is 30.3. The van der Waals surface area contributed by atoms with Crippen molar-refractivity contribution in [1.29, 1.82) is 0 Å². The molecular formula is C88H167NO8. The second kappa shape index (κ2) is 76.8. The Morgan fingerprint density at radius 1 is 0.361 bits per heavy atom. The molecule has 0 aromatic rings. The first kappa shape index (κ1) is 93.2. The molecule has 7 atom stereocenters. The zero-order chi connectivity index (χ0) is 69.9. The highest BCUT2D eigenvalue weighted by Crippen LogP contribution is 2.25. The Hall–Kier alpha value is -1.85. The van der Waals surface area contributed by atoms with Crippen molar-refractivity contribution in [1.82, 2.24) is 5.32 Å². The molecule has 97 heavy (non-hydrogen) atoms. The molecular weight excluding hydrogens is 1200 g/mol. The number of carbonyl (C=O) groups excluding carboxylic acids is 1. The summed E-state index contributed by atoms with van der Waals surface area (Å²) in [6.07, 6.45) is 99.7. The lowest BCUT2D eigenvalue weighted by molar-refractivity contribution is -0.302. The lowest BCUT2D eigenvalue weighted by Crippen LogP contribution is -2.60. The molecule has 1 aliphatic rings. The van der Waals surface area contributed by atoms with E-state index in [1.807, 2.05) is 0 Å². The van der Waals surface area contributed by atoms with Crippen LogP contribution in [0.3, 0.4) is 0 Å². The maximum absolute atomic E-state index is 13.2. The summed E-state index contributed by atoms with van der Waals surface area (Å²) >= 11 is 0. The number of hydrogen-bond donors (Lipinski definition) is 6. The van der Waals surface area contributed by atoms with E-state index in [9.17, 15) is 30.3 Å². The zero-order valence-corrected chi connectivity index (χ0v) is 64.6. The predicted molar refractivity (Wildman–Crippen MR) is 420 cm³/mol. The third-order valence-electron chi connectivity index (χ3n) is 20.9. The predicted octanol–water partition coefficient (Wildman–Crippen LogP) is 25.4. The van der Waals surface area contributed by atoms with Crippen molar-refractivity contribution in [2.24, 2.45) is 0 Å². The number of carbonyl (C=O) groups is 1. The maximum atomic E-state index is 13.2. The molecule has 9 heteroatoms. The van der Waals surface area contributed by atoms with Gasteiger partial charge in [0.25, 0.3) is 0 Å². The molecule has 0 saturated carbocycles. The van der Waals surface area contributed by atoms with Crippen LogP contribution in [0.1, 0.15) is 450 Å². The summed E-state index contributed by atoms with van der Waals surface area (Å²) in [6.45, 7) is 3.80.